The van der Waals surface area contributed by atoms with Crippen molar-refractivity contribution in [3.8, 4) is 0 Å². The quantitative estimate of drug-likeness (QED) is 0.409. The van der Waals surface area contributed by atoms with E-state index in [2.05, 4.69) is 39.3 Å². The lowest BCUT2D eigenvalue weighted by Crippen LogP contribution is -2.25. The topological polar surface area (TPSA) is 70.2 Å². The summed E-state index contributed by atoms with van der Waals surface area (Å²) in [6.07, 6.45) is 5.65. The Balaban J connectivity index is 0.00000218. The highest BCUT2D eigenvalue weighted by Gasteiger charge is 2.08. The second kappa shape index (κ2) is 14.2. The maximum absolute atomic E-state index is 13.7. The third-order valence-corrected chi connectivity index (χ3v) is 4.27. The van der Waals surface area contributed by atoms with Crippen LogP contribution in [0.5, 0.6) is 0 Å². The van der Waals surface area contributed by atoms with Gasteiger partial charge in [0.2, 0.25) is 12.4 Å². The van der Waals surface area contributed by atoms with Crippen LogP contribution in [-0.2, 0) is 4.79 Å². The van der Waals surface area contributed by atoms with Crippen LogP contribution >= 0.6 is 0 Å². The normalized spacial score (nSPS) is 10.6. The van der Waals surface area contributed by atoms with E-state index in [9.17, 15) is 13.6 Å². The first-order valence-electron chi connectivity index (χ1n) is 10.2. The van der Waals surface area contributed by atoms with Crippen LogP contribution in [0.2, 0.25) is 0 Å². The highest BCUT2D eigenvalue weighted by Crippen LogP contribution is 2.19. The SMILES string of the molecule is CC.CCN(CC)CCCNc1ncc(/C=C\c2c(F)cccc2F)c(NC=O)n1. The van der Waals surface area contributed by atoms with Crippen LogP contribution in [0.15, 0.2) is 24.4 Å². The Morgan fingerprint density at radius 2 is 1.77 bits per heavy atom. The van der Waals surface area contributed by atoms with Gasteiger partial charge in [0, 0.05) is 23.9 Å². The van der Waals surface area contributed by atoms with Crippen LogP contribution in [0.4, 0.5) is 20.5 Å². The average molecular weight is 420 g/mol. The Morgan fingerprint density at radius 1 is 1.10 bits per heavy atom. The van der Waals surface area contributed by atoms with E-state index in [0.717, 1.165) is 26.1 Å². The van der Waals surface area contributed by atoms with Crippen molar-refractivity contribution in [1.82, 2.24) is 14.9 Å². The molecule has 1 amide bonds. The molecule has 1 aromatic heterocycles. The second-order valence-corrected chi connectivity index (χ2v) is 6.04. The highest BCUT2D eigenvalue weighted by atomic mass is 19.1. The van der Waals surface area contributed by atoms with E-state index < -0.39 is 11.6 Å². The van der Waals surface area contributed by atoms with Crippen LogP contribution in [0.25, 0.3) is 12.2 Å². The largest absolute Gasteiger partial charge is 0.354 e. The molecule has 2 aromatic rings. The zero-order chi connectivity index (χ0) is 22.4. The van der Waals surface area contributed by atoms with Crippen molar-refractivity contribution in [2.24, 2.45) is 0 Å². The van der Waals surface area contributed by atoms with Gasteiger partial charge < -0.3 is 15.5 Å². The van der Waals surface area contributed by atoms with Crippen molar-refractivity contribution in [1.29, 1.82) is 0 Å². The molecule has 1 aromatic carbocycles. The number of nitrogens with zero attached hydrogens (tertiary/aromatic N) is 3. The summed E-state index contributed by atoms with van der Waals surface area (Å²) in [5.41, 5.74) is 0.265. The van der Waals surface area contributed by atoms with E-state index >= 15 is 0 Å². The lowest BCUT2D eigenvalue weighted by molar-refractivity contribution is -0.105. The van der Waals surface area contributed by atoms with Gasteiger partial charge >= 0.3 is 0 Å². The van der Waals surface area contributed by atoms with E-state index in [1.165, 1.54) is 36.5 Å². The molecular formula is C22H31F2N5O. The number of hydrogen-bond donors (Lipinski definition) is 2. The molecule has 0 unspecified atom stereocenters. The maximum Gasteiger partial charge on any atom is 0.224 e. The minimum Gasteiger partial charge on any atom is -0.354 e. The molecule has 2 N–H and O–H groups in total. The van der Waals surface area contributed by atoms with Crippen molar-refractivity contribution in [3.05, 3.63) is 47.2 Å². The summed E-state index contributed by atoms with van der Waals surface area (Å²) < 4.78 is 27.5. The number of benzene rings is 1. The standard InChI is InChI=1S/C20H25F2N5O.C2H6/c1-3-27(4-2)12-6-11-23-20-24-13-15(19(26-20)25-14-28)9-10-16-17(21)7-5-8-18(16)22;1-2/h5,7-10,13-14H,3-4,6,11-12H2,1-2H3,(H2,23,24,25,26,28);1-2H3/b10-9-;. The summed E-state index contributed by atoms with van der Waals surface area (Å²) in [5.74, 6) is -0.718. The Morgan fingerprint density at radius 3 is 2.37 bits per heavy atom. The molecule has 0 fully saturated rings. The fraction of sp³-hybridized carbons (Fsp3) is 0.409. The van der Waals surface area contributed by atoms with Crippen molar-refractivity contribution in [3.63, 3.8) is 0 Å². The molecule has 30 heavy (non-hydrogen) atoms. The van der Waals surface area contributed by atoms with Crippen molar-refractivity contribution in [2.45, 2.75) is 34.1 Å². The third-order valence-electron chi connectivity index (χ3n) is 4.27. The smallest absolute Gasteiger partial charge is 0.224 e. The summed E-state index contributed by atoms with van der Waals surface area (Å²) >= 11 is 0. The minimum atomic E-state index is -0.673. The number of hydrogen-bond acceptors (Lipinski definition) is 5. The van der Waals surface area contributed by atoms with Gasteiger partial charge in [-0.1, -0.05) is 33.8 Å². The number of anilines is 2. The first kappa shape index (κ1) is 25.2. The van der Waals surface area contributed by atoms with E-state index in [4.69, 9.17) is 0 Å². The van der Waals surface area contributed by atoms with Gasteiger partial charge in [-0.25, -0.2) is 13.8 Å². The van der Waals surface area contributed by atoms with E-state index in [0.29, 0.717) is 24.5 Å². The number of amides is 1. The molecule has 0 saturated carbocycles. The van der Waals surface area contributed by atoms with Gasteiger partial charge in [-0.3, -0.25) is 4.79 Å². The zero-order valence-corrected chi connectivity index (χ0v) is 18.1. The fourth-order valence-corrected chi connectivity index (χ4v) is 2.66. The molecule has 0 spiro atoms. The van der Waals surface area contributed by atoms with Gasteiger partial charge in [0.25, 0.3) is 0 Å². The molecule has 0 atom stereocenters. The fourth-order valence-electron chi connectivity index (χ4n) is 2.66. The molecular weight excluding hydrogens is 388 g/mol. The van der Waals surface area contributed by atoms with Crippen LogP contribution in [0, 0.1) is 11.6 Å². The van der Waals surface area contributed by atoms with Crippen molar-refractivity contribution in [2.75, 3.05) is 36.8 Å². The molecule has 2 rings (SSSR count). The Bertz CT molecular complexity index is 790. The Labute approximate surface area is 177 Å². The van der Waals surface area contributed by atoms with E-state index in [1.54, 1.807) is 0 Å². The predicted molar refractivity (Wildman–Crippen MR) is 119 cm³/mol. The number of rotatable bonds is 11. The van der Waals surface area contributed by atoms with E-state index in [1.807, 2.05) is 13.8 Å². The van der Waals surface area contributed by atoms with Gasteiger partial charge in [0.15, 0.2) is 0 Å². The molecule has 6 nitrogen and oxygen atoms in total. The Kier molecular flexibility index (Phi) is 11.9. The number of nitrogens with one attached hydrogen (secondary N) is 2. The molecule has 1 heterocycles. The van der Waals surface area contributed by atoms with Crippen LogP contribution in [0.1, 0.15) is 45.2 Å². The van der Waals surface area contributed by atoms with Crippen LogP contribution in [-0.4, -0.2) is 47.5 Å². The van der Waals surface area contributed by atoms with Crippen LogP contribution in [0.3, 0.4) is 0 Å². The zero-order valence-electron chi connectivity index (χ0n) is 18.1. The molecule has 0 bridgehead atoms. The number of carbonyl (C=O) groups is 1. The highest BCUT2D eigenvalue weighted by molar-refractivity contribution is 5.80. The molecule has 8 heteroatoms. The van der Waals surface area contributed by atoms with Crippen molar-refractivity contribution < 1.29 is 13.6 Å². The average Bonchev–Trinajstić information content (AvgIpc) is 2.76. The molecule has 0 aliphatic carbocycles. The van der Waals surface area contributed by atoms with Gasteiger partial charge in [0.1, 0.15) is 17.5 Å². The van der Waals surface area contributed by atoms with Gasteiger partial charge in [-0.15, -0.1) is 0 Å². The molecule has 0 aliphatic heterocycles. The van der Waals surface area contributed by atoms with Crippen molar-refractivity contribution >= 4 is 30.3 Å². The molecule has 0 radical (unpaired) electrons. The number of aromatic nitrogens is 2. The summed E-state index contributed by atoms with van der Waals surface area (Å²) in [6.45, 7) is 11.9. The minimum absolute atomic E-state index is 0.168. The van der Waals surface area contributed by atoms with Gasteiger partial charge in [-0.2, -0.15) is 4.98 Å². The first-order chi connectivity index (χ1) is 14.6. The molecule has 0 aliphatic rings. The summed E-state index contributed by atoms with van der Waals surface area (Å²) in [7, 11) is 0. The molecule has 164 valence electrons. The Hall–Kier alpha value is -2.87. The lowest BCUT2D eigenvalue weighted by Gasteiger charge is -2.17. The van der Waals surface area contributed by atoms with Gasteiger partial charge in [-0.05, 0) is 50.3 Å². The van der Waals surface area contributed by atoms with Crippen LogP contribution < -0.4 is 10.6 Å². The second-order valence-electron chi connectivity index (χ2n) is 6.04. The summed E-state index contributed by atoms with van der Waals surface area (Å²) in [4.78, 5) is 21.7. The summed E-state index contributed by atoms with van der Waals surface area (Å²) in [6, 6.07) is 3.65. The number of carbonyl (C=O) groups excluding carboxylic acids is 1. The predicted octanol–water partition coefficient (Wildman–Crippen LogP) is 4.66. The monoisotopic (exact) mass is 419 g/mol. The van der Waals surface area contributed by atoms with E-state index in [-0.39, 0.29) is 11.4 Å². The first-order valence-corrected chi connectivity index (χ1v) is 10.2. The van der Waals surface area contributed by atoms with Gasteiger partial charge in [0.05, 0.1) is 0 Å². The third kappa shape index (κ3) is 7.87. The maximum atomic E-state index is 13.7. The number of halogens is 2. The summed E-state index contributed by atoms with van der Waals surface area (Å²) in [5, 5.41) is 5.61. The lowest BCUT2D eigenvalue weighted by atomic mass is 10.1. The molecule has 0 saturated heterocycles.